The molecule has 0 aliphatic carbocycles. The van der Waals surface area contributed by atoms with Crippen LogP contribution in [0.4, 0.5) is 5.69 Å². The zero-order chi connectivity index (χ0) is 15.2. The van der Waals surface area contributed by atoms with Gasteiger partial charge in [-0.1, -0.05) is 24.9 Å². The molecule has 5 nitrogen and oxygen atoms in total. The maximum Gasteiger partial charge on any atom is 0.243 e. The minimum absolute atomic E-state index is 0.113. The summed E-state index contributed by atoms with van der Waals surface area (Å²) < 4.78 is 0. The highest BCUT2D eigenvalue weighted by Gasteiger charge is 2.27. The van der Waals surface area contributed by atoms with Crippen molar-refractivity contribution in [2.24, 2.45) is 5.73 Å². The van der Waals surface area contributed by atoms with Crippen molar-refractivity contribution < 1.29 is 9.59 Å². The standard InChI is InChI=1S/C14H20ClN3O2/c1-3-8-14(2,16)13(20)17-9-12(19)18-11-6-4-10(15)5-7-11/h4-7H,3,8-9,16H2,1-2H3,(H,17,20)(H,18,19). The summed E-state index contributed by atoms with van der Waals surface area (Å²) in [7, 11) is 0. The minimum Gasteiger partial charge on any atom is -0.345 e. The molecule has 0 radical (unpaired) electrons. The molecule has 110 valence electrons. The van der Waals surface area contributed by atoms with E-state index in [9.17, 15) is 9.59 Å². The molecule has 0 aromatic heterocycles. The fourth-order valence-corrected chi connectivity index (χ4v) is 1.86. The van der Waals surface area contributed by atoms with Crippen LogP contribution in [0, 0.1) is 0 Å². The Balaban J connectivity index is 2.43. The second kappa shape index (κ2) is 7.26. The molecular weight excluding hydrogens is 278 g/mol. The van der Waals surface area contributed by atoms with E-state index in [0.717, 1.165) is 6.42 Å². The number of hydrogen-bond donors (Lipinski definition) is 3. The summed E-state index contributed by atoms with van der Waals surface area (Å²) in [6.07, 6.45) is 1.37. The van der Waals surface area contributed by atoms with Crippen LogP contribution in [0.5, 0.6) is 0 Å². The lowest BCUT2D eigenvalue weighted by Crippen LogP contribution is -2.52. The number of carbonyl (C=O) groups is 2. The van der Waals surface area contributed by atoms with Gasteiger partial charge in [0.25, 0.3) is 0 Å². The Morgan fingerprint density at radius 1 is 1.30 bits per heavy atom. The summed E-state index contributed by atoms with van der Waals surface area (Å²) in [5, 5.41) is 5.78. The normalized spacial score (nSPS) is 13.4. The molecule has 0 aliphatic heterocycles. The second-order valence-electron chi connectivity index (χ2n) is 4.91. The first-order valence-corrected chi connectivity index (χ1v) is 6.85. The van der Waals surface area contributed by atoms with Crippen LogP contribution in [0.2, 0.25) is 5.02 Å². The molecule has 1 aromatic rings. The molecule has 1 unspecified atom stereocenters. The van der Waals surface area contributed by atoms with Gasteiger partial charge >= 0.3 is 0 Å². The van der Waals surface area contributed by atoms with E-state index in [-0.39, 0.29) is 18.4 Å². The van der Waals surface area contributed by atoms with Crippen molar-refractivity contribution in [3.05, 3.63) is 29.3 Å². The van der Waals surface area contributed by atoms with Crippen LogP contribution < -0.4 is 16.4 Å². The SMILES string of the molecule is CCCC(C)(N)C(=O)NCC(=O)Nc1ccc(Cl)cc1. The molecule has 4 N–H and O–H groups in total. The van der Waals surface area contributed by atoms with E-state index in [4.69, 9.17) is 17.3 Å². The summed E-state index contributed by atoms with van der Waals surface area (Å²) in [6, 6.07) is 6.72. The zero-order valence-electron chi connectivity index (χ0n) is 11.7. The maximum absolute atomic E-state index is 11.8. The quantitative estimate of drug-likeness (QED) is 0.750. The molecule has 0 saturated heterocycles. The van der Waals surface area contributed by atoms with E-state index < -0.39 is 5.54 Å². The molecule has 1 rings (SSSR count). The van der Waals surface area contributed by atoms with Crippen LogP contribution in [0.3, 0.4) is 0 Å². The maximum atomic E-state index is 11.8. The van der Waals surface area contributed by atoms with Crippen LogP contribution >= 0.6 is 11.6 Å². The van der Waals surface area contributed by atoms with Gasteiger partial charge < -0.3 is 16.4 Å². The van der Waals surface area contributed by atoms with Gasteiger partial charge in [0.15, 0.2) is 0 Å². The molecular formula is C14H20ClN3O2. The fourth-order valence-electron chi connectivity index (χ4n) is 1.73. The van der Waals surface area contributed by atoms with E-state index in [1.54, 1.807) is 31.2 Å². The number of halogens is 1. The molecule has 1 atom stereocenters. The summed E-state index contributed by atoms with van der Waals surface area (Å²) in [4.78, 5) is 23.5. The van der Waals surface area contributed by atoms with Crippen LogP contribution in [-0.2, 0) is 9.59 Å². The lowest BCUT2D eigenvalue weighted by atomic mass is 9.96. The van der Waals surface area contributed by atoms with Crippen molar-refractivity contribution in [2.75, 3.05) is 11.9 Å². The van der Waals surface area contributed by atoms with Crippen molar-refractivity contribution >= 4 is 29.1 Å². The topological polar surface area (TPSA) is 84.2 Å². The van der Waals surface area contributed by atoms with E-state index in [2.05, 4.69) is 10.6 Å². The minimum atomic E-state index is -0.949. The van der Waals surface area contributed by atoms with E-state index in [1.807, 2.05) is 6.92 Å². The van der Waals surface area contributed by atoms with Gasteiger partial charge in [0.1, 0.15) is 0 Å². The number of benzene rings is 1. The first-order valence-electron chi connectivity index (χ1n) is 6.48. The summed E-state index contributed by atoms with van der Waals surface area (Å²) in [5.74, 6) is -0.640. The molecule has 2 amide bonds. The lowest BCUT2D eigenvalue weighted by molar-refractivity contribution is -0.128. The Kier molecular flexibility index (Phi) is 5.98. The van der Waals surface area contributed by atoms with Crippen molar-refractivity contribution in [1.29, 1.82) is 0 Å². The number of anilines is 1. The van der Waals surface area contributed by atoms with Crippen LogP contribution in [0.15, 0.2) is 24.3 Å². The van der Waals surface area contributed by atoms with Gasteiger partial charge in [0.2, 0.25) is 11.8 Å². The summed E-state index contributed by atoms with van der Waals surface area (Å²) in [5.41, 5.74) is 5.54. The fraction of sp³-hybridized carbons (Fsp3) is 0.429. The predicted molar refractivity (Wildman–Crippen MR) is 80.6 cm³/mol. The Morgan fingerprint density at radius 3 is 2.45 bits per heavy atom. The van der Waals surface area contributed by atoms with E-state index in [0.29, 0.717) is 17.1 Å². The molecule has 20 heavy (non-hydrogen) atoms. The average molecular weight is 298 g/mol. The Labute approximate surface area is 123 Å². The largest absolute Gasteiger partial charge is 0.345 e. The van der Waals surface area contributed by atoms with Crippen molar-refractivity contribution in [1.82, 2.24) is 5.32 Å². The van der Waals surface area contributed by atoms with Crippen molar-refractivity contribution in [2.45, 2.75) is 32.2 Å². The molecule has 0 saturated carbocycles. The Morgan fingerprint density at radius 2 is 1.90 bits per heavy atom. The second-order valence-corrected chi connectivity index (χ2v) is 5.34. The van der Waals surface area contributed by atoms with Gasteiger partial charge in [-0.3, -0.25) is 9.59 Å². The van der Waals surface area contributed by atoms with Gasteiger partial charge in [-0.2, -0.15) is 0 Å². The molecule has 0 heterocycles. The Bertz CT molecular complexity index is 472. The summed E-state index contributed by atoms with van der Waals surface area (Å²) in [6.45, 7) is 3.49. The molecule has 0 spiro atoms. The highest BCUT2D eigenvalue weighted by molar-refractivity contribution is 6.30. The van der Waals surface area contributed by atoms with E-state index >= 15 is 0 Å². The molecule has 0 fully saturated rings. The van der Waals surface area contributed by atoms with Gasteiger partial charge in [-0.15, -0.1) is 0 Å². The number of hydrogen-bond acceptors (Lipinski definition) is 3. The number of amides is 2. The molecule has 6 heteroatoms. The van der Waals surface area contributed by atoms with E-state index in [1.165, 1.54) is 0 Å². The van der Waals surface area contributed by atoms with Crippen molar-refractivity contribution in [3.63, 3.8) is 0 Å². The zero-order valence-corrected chi connectivity index (χ0v) is 12.5. The van der Waals surface area contributed by atoms with Crippen molar-refractivity contribution in [3.8, 4) is 0 Å². The highest BCUT2D eigenvalue weighted by Crippen LogP contribution is 2.13. The lowest BCUT2D eigenvalue weighted by Gasteiger charge is -2.22. The Hall–Kier alpha value is -1.59. The number of carbonyl (C=O) groups excluding carboxylic acids is 2. The number of rotatable bonds is 6. The molecule has 0 aliphatic rings. The average Bonchev–Trinajstić information content (AvgIpc) is 2.38. The van der Waals surface area contributed by atoms with Crippen LogP contribution in [0.25, 0.3) is 0 Å². The number of nitrogens with one attached hydrogen (secondary N) is 2. The van der Waals surface area contributed by atoms with Gasteiger partial charge in [0.05, 0.1) is 12.1 Å². The monoisotopic (exact) mass is 297 g/mol. The smallest absolute Gasteiger partial charge is 0.243 e. The van der Waals surface area contributed by atoms with Crippen LogP contribution in [0.1, 0.15) is 26.7 Å². The van der Waals surface area contributed by atoms with Gasteiger partial charge in [-0.25, -0.2) is 0 Å². The van der Waals surface area contributed by atoms with Crippen LogP contribution in [-0.4, -0.2) is 23.9 Å². The van der Waals surface area contributed by atoms with Gasteiger partial charge in [-0.05, 0) is 37.6 Å². The third-order valence-corrected chi connectivity index (χ3v) is 3.08. The third kappa shape index (κ3) is 5.19. The summed E-state index contributed by atoms with van der Waals surface area (Å²) >= 11 is 5.75. The number of nitrogens with two attached hydrogens (primary N) is 1. The molecule has 1 aromatic carbocycles. The highest BCUT2D eigenvalue weighted by atomic mass is 35.5. The first-order chi connectivity index (χ1) is 9.35. The third-order valence-electron chi connectivity index (χ3n) is 2.83. The van der Waals surface area contributed by atoms with Gasteiger partial charge in [0, 0.05) is 10.7 Å². The first kappa shape index (κ1) is 16.5. The predicted octanol–water partition coefficient (Wildman–Crippen LogP) is 1.91. The molecule has 0 bridgehead atoms.